The van der Waals surface area contributed by atoms with Crippen LogP contribution in [0.5, 0.6) is 11.5 Å². The topological polar surface area (TPSA) is 38.8 Å². The molecule has 1 saturated heterocycles. The summed E-state index contributed by atoms with van der Waals surface area (Å²) in [6, 6.07) is 16.0. The van der Waals surface area contributed by atoms with Gasteiger partial charge in [0.05, 0.1) is 18.1 Å². The maximum Gasteiger partial charge on any atom is 0.266 e. The first kappa shape index (κ1) is 24.1. The second kappa shape index (κ2) is 11.9. The summed E-state index contributed by atoms with van der Waals surface area (Å²) in [6.45, 7) is 9.62. The van der Waals surface area contributed by atoms with Crippen LogP contribution in [-0.4, -0.2) is 34.9 Å². The molecule has 0 saturated carbocycles. The number of ether oxygens (including phenoxy) is 2. The standard InChI is InChI=1S/C26H29NO3S2/c1-4-15-27-25(28)24(32-26(27)31)18-21-9-6-7-10-23(21)30-17-8-16-29-22-13-11-20(12-14-22)19(3)5-2/h4,6-7,9-14,18-19H,1,5,8,15-17H2,2-3H3/b24-18-/t19-/m0/s1. The molecule has 1 aliphatic heterocycles. The first-order valence-electron chi connectivity index (χ1n) is 10.8. The minimum Gasteiger partial charge on any atom is -0.493 e. The average molecular weight is 468 g/mol. The number of amides is 1. The van der Waals surface area contributed by atoms with E-state index in [-0.39, 0.29) is 5.91 Å². The molecule has 0 aromatic heterocycles. The fourth-order valence-corrected chi connectivity index (χ4v) is 4.48. The highest BCUT2D eigenvalue weighted by Gasteiger charge is 2.31. The molecule has 3 rings (SSSR count). The molecule has 1 amide bonds. The lowest BCUT2D eigenvalue weighted by Crippen LogP contribution is -2.27. The summed E-state index contributed by atoms with van der Waals surface area (Å²) in [6.07, 6.45) is 5.39. The lowest BCUT2D eigenvalue weighted by atomic mass is 9.99. The Morgan fingerprint density at radius 1 is 1.12 bits per heavy atom. The van der Waals surface area contributed by atoms with Gasteiger partial charge in [-0.05, 0) is 42.2 Å². The van der Waals surface area contributed by atoms with E-state index < -0.39 is 0 Å². The fourth-order valence-electron chi connectivity index (χ4n) is 3.22. The van der Waals surface area contributed by atoms with Gasteiger partial charge in [-0.2, -0.15) is 0 Å². The van der Waals surface area contributed by atoms with Crippen molar-refractivity contribution < 1.29 is 14.3 Å². The Kier molecular flexibility index (Phi) is 8.94. The summed E-state index contributed by atoms with van der Waals surface area (Å²) in [5, 5.41) is 0. The van der Waals surface area contributed by atoms with Crippen molar-refractivity contribution in [1.82, 2.24) is 4.90 Å². The molecule has 1 aliphatic rings. The van der Waals surface area contributed by atoms with Gasteiger partial charge in [0.1, 0.15) is 15.8 Å². The molecule has 2 aromatic rings. The van der Waals surface area contributed by atoms with E-state index in [2.05, 4.69) is 32.6 Å². The maximum atomic E-state index is 12.6. The number of thiocarbonyl (C=S) groups is 1. The Morgan fingerprint density at radius 2 is 1.84 bits per heavy atom. The van der Waals surface area contributed by atoms with E-state index >= 15 is 0 Å². The second-order valence-corrected chi connectivity index (χ2v) is 9.22. The SMILES string of the molecule is C=CCN1C(=O)/C(=C/c2ccccc2OCCCOc2ccc([C@@H](C)CC)cc2)SC1=S. The van der Waals surface area contributed by atoms with Crippen molar-refractivity contribution in [3.63, 3.8) is 0 Å². The summed E-state index contributed by atoms with van der Waals surface area (Å²) < 4.78 is 12.4. The summed E-state index contributed by atoms with van der Waals surface area (Å²) in [7, 11) is 0. The van der Waals surface area contributed by atoms with Crippen LogP contribution in [0.1, 0.15) is 43.7 Å². The number of rotatable bonds is 11. The van der Waals surface area contributed by atoms with Crippen molar-refractivity contribution in [2.24, 2.45) is 0 Å². The van der Waals surface area contributed by atoms with Gasteiger partial charge in [-0.3, -0.25) is 9.69 Å². The van der Waals surface area contributed by atoms with Gasteiger partial charge >= 0.3 is 0 Å². The lowest BCUT2D eigenvalue weighted by molar-refractivity contribution is -0.121. The van der Waals surface area contributed by atoms with Crippen LogP contribution >= 0.6 is 24.0 Å². The van der Waals surface area contributed by atoms with E-state index in [4.69, 9.17) is 21.7 Å². The van der Waals surface area contributed by atoms with Gasteiger partial charge < -0.3 is 9.47 Å². The Hall–Kier alpha value is -2.57. The van der Waals surface area contributed by atoms with Crippen molar-refractivity contribution in [1.29, 1.82) is 0 Å². The van der Waals surface area contributed by atoms with E-state index in [1.165, 1.54) is 17.3 Å². The summed E-state index contributed by atoms with van der Waals surface area (Å²) in [5.41, 5.74) is 2.19. The van der Waals surface area contributed by atoms with E-state index in [1.54, 1.807) is 11.0 Å². The predicted octanol–water partition coefficient (Wildman–Crippen LogP) is 6.44. The quantitative estimate of drug-likeness (QED) is 0.165. The van der Waals surface area contributed by atoms with Gasteiger partial charge in [0, 0.05) is 18.5 Å². The molecular formula is C26H29NO3S2. The Balaban J connectivity index is 1.52. The molecule has 4 nitrogen and oxygen atoms in total. The van der Waals surface area contributed by atoms with Crippen molar-refractivity contribution in [2.45, 2.75) is 32.6 Å². The van der Waals surface area contributed by atoms with Gasteiger partial charge in [-0.25, -0.2) is 0 Å². The summed E-state index contributed by atoms with van der Waals surface area (Å²) in [5.74, 6) is 2.08. The van der Waals surface area contributed by atoms with Crippen LogP contribution in [-0.2, 0) is 4.79 Å². The number of benzene rings is 2. The highest BCUT2D eigenvalue weighted by atomic mass is 32.2. The molecule has 32 heavy (non-hydrogen) atoms. The third-order valence-corrected chi connectivity index (χ3v) is 6.65. The second-order valence-electron chi connectivity index (χ2n) is 7.55. The molecule has 1 atom stereocenters. The van der Waals surface area contributed by atoms with Crippen LogP contribution < -0.4 is 9.47 Å². The van der Waals surface area contributed by atoms with E-state index in [1.807, 2.05) is 42.5 Å². The number of hydrogen-bond acceptors (Lipinski definition) is 5. The number of thioether (sulfide) groups is 1. The molecular weight excluding hydrogens is 438 g/mol. The molecule has 0 N–H and O–H groups in total. The van der Waals surface area contributed by atoms with Crippen LogP contribution in [0.25, 0.3) is 6.08 Å². The number of hydrogen-bond donors (Lipinski definition) is 0. The van der Waals surface area contributed by atoms with Gasteiger partial charge in [0.25, 0.3) is 5.91 Å². The molecule has 6 heteroatoms. The molecule has 2 aromatic carbocycles. The largest absolute Gasteiger partial charge is 0.493 e. The third kappa shape index (κ3) is 6.24. The van der Waals surface area contributed by atoms with Crippen molar-refractivity contribution in [2.75, 3.05) is 19.8 Å². The molecule has 1 fully saturated rings. The van der Waals surface area contributed by atoms with Gasteiger partial charge in [-0.15, -0.1) is 6.58 Å². The van der Waals surface area contributed by atoms with Gasteiger partial charge in [-0.1, -0.05) is 74.2 Å². The van der Waals surface area contributed by atoms with Crippen LogP contribution in [0.15, 0.2) is 66.1 Å². The first-order valence-corrected chi connectivity index (χ1v) is 12.1. The first-order chi connectivity index (χ1) is 15.5. The van der Waals surface area contributed by atoms with E-state index in [0.29, 0.717) is 34.9 Å². The Bertz CT molecular complexity index is 985. The van der Waals surface area contributed by atoms with Gasteiger partial charge in [0.15, 0.2) is 0 Å². The minimum absolute atomic E-state index is 0.0950. The highest BCUT2D eigenvalue weighted by Crippen LogP contribution is 2.34. The number of carbonyl (C=O) groups excluding carboxylic acids is 1. The van der Waals surface area contributed by atoms with Crippen molar-refractivity contribution in [3.8, 4) is 11.5 Å². The average Bonchev–Trinajstić information content (AvgIpc) is 3.07. The molecule has 0 spiro atoms. The molecule has 0 bridgehead atoms. The molecule has 1 heterocycles. The lowest BCUT2D eigenvalue weighted by Gasteiger charge is -2.12. The van der Waals surface area contributed by atoms with Crippen LogP contribution in [0.4, 0.5) is 0 Å². The normalized spacial score (nSPS) is 15.8. The summed E-state index contributed by atoms with van der Waals surface area (Å²) in [4.78, 5) is 14.7. The highest BCUT2D eigenvalue weighted by molar-refractivity contribution is 8.26. The maximum absolute atomic E-state index is 12.6. The minimum atomic E-state index is -0.0950. The smallest absolute Gasteiger partial charge is 0.266 e. The van der Waals surface area contributed by atoms with Crippen LogP contribution in [0.2, 0.25) is 0 Å². The van der Waals surface area contributed by atoms with Gasteiger partial charge in [0.2, 0.25) is 0 Å². The predicted molar refractivity (Wildman–Crippen MR) is 137 cm³/mol. The van der Waals surface area contributed by atoms with Crippen molar-refractivity contribution >= 4 is 40.3 Å². The molecule has 0 radical (unpaired) electrons. The number of nitrogens with zero attached hydrogens (tertiary/aromatic N) is 1. The molecule has 0 aliphatic carbocycles. The van der Waals surface area contributed by atoms with Crippen LogP contribution in [0, 0.1) is 0 Å². The zero-order chi connectivity index (χ0) is 22.9. The third-order valence-electron chi connectivity index (χ3n) is 5.27. The molecule has 168 valence electrons. The van der Waals surface area contributed by atoms with Crippen LogP contribution in [0.3, 0.4) is 0 Å². The van der Waals surface area contributed by atoms with Crippen molar-refractivity contribution in [3.05, 3.63) is 77.2 Å². The molecule has 0 unspecified atom stereocenters. The zero-order valence-electron chi connectivity index (χ0n) is 18.6. The Morgan fingerprint density at radius 3 is 2.56 bits per heavy atom. The number of carbonyl (C=O) groups is 1. The Labute approximate surface area is 200 Å². The summed E-state index contributed by atoms with van der Waals surface area (Å²) >= 11 is 6.61. The fraction of sp³-hybridized carbons (Fsp3) is 0.308. The number of para-hydroxylation sites is 1. The van der Waals surface area contributed by atoms with E-state index in [0.717, 1.165) is 29.9 Å². The zero-order valence-corrected chi connectivity index (χ0v) is 20.2. The monoisotopic (exact) mass is 467 g/mol. The van der Waals surface area contributed by atoms with E-state index in [9.17, 15) is 4.79 Å².